The predicted octanol–water partition coefficient (Wildman–Crippen LogP) is 4.15. The lowest BCUT2D eigenvalue weighted by molar-refractivity contribution is -0.166. The fourth-order valence-electron chi connectivity index (χ4n) is 5.53. The summed E-state index contributed by atoms with van der Waals surface area (Å²) in [6.07, 6.45) is -5.93. The molecule has 7 nitrogen and oxygen atoms in total. The highest BCUT2D eigenvalue weighted by Gasteiger charge is 2.62. The van der Waals surface area contributed by atoms with Crippen molar-refractivity contribution in [1.29, 1.82) is 5.26 Å². The van der Waals surface area contributed by atoms with Crippen molar-refractivity contribution in [3.05, 3.63) is 65.0 Å². The zero-order valence-corrected chi connectivity index (χ0v) is 20.8. The number of alkyl halides is 5. The van der Waals surface area contributed by atoms with Gasteiger partial charge in [-0.1, -0.05) is 12.1 Å². The van der Waals surface area contributed by atoms with Crippen LogP contribution in [0.4, 0.5) is 32.0 Å². The average Bonchev–Trinajstić information content (AvgIpc) is 2.84. The fraction of sp³-hybridized carbons (Fsp3) is 0.407. The van der Waals surface area contributed by atoms with E-state index >= 15 is 0 Å². The van der Waals surface area contributed by atoms with E-state index in [0.717, 1.165) is 23.1 Å². The van der Waals surface area contributed by atoms with Gasteiger partial charge in [-0.3, -0.25) is 19.3 Å². The monoisotopic (exact) mass is 564 g/mol. The smallest absolute Gasteiger partial charge is 0.353 e. The van der Waals surface area contributed by atoms with E-state index in [1.807, 2.05) is 0 Å². The number of nitrogens with one attached hydrogen (secondary N) is 1. The van der Waals surface area contributed by atoms with Crippen molar-refractivity contribution in [2.24, 2.45) is 5.92 Å². The SMILES string of the molecule is N#Cc1ccc(N2CC(=O)N(Cc3ccc(C(F)(F)F)cc3)[C@]3(C[C@H](C(=O)NC4CC(F)(F)C4)C3)C2=O)c(F)c1. The summed E-state index contributed by atoms with van der Waals surface area (Å²) in [6, 6.07) is 8.51. The van der Waals surface area contributed by atoms with Crippen LogP contribution in [-0.4, -0.2) is 46.7 Å². The molecule has 0 aromatic heterocycles. The second kappa shape index (κ2) is 9.53. The van der Waals surface area contributed by atoms with Gasteiger partial charge >= 0.3 is 6.18 Å². The predicted molar refractivity (Wildman–Crippen MR) is 127 cm³/mol. The van der Waals surface area contributed by atoms with E-state index in [1.54, 1.807) is 6.07 Å². The number of hydrogen-bond donors (Lipinski definition) is 1. The Morgan fingerprint density at radius 3 is 2.25 bits per heavy atom. The highest BCUT2D eigenvalue weighted by molar-refractivity contribution is 6.10. The first-order valence-electron chi connectivity index (χ1n) is 12.4. The number of carbonyl (C=O) groups is 3. The van der Waals surface area contributed by atoms with Crippen LogP contribution in [0.25, 0.3) is 0 Å². The van der Waals surface area contributed by atoms with Gasteiger partial charge in [0.25, 0.3) is 11.8 Å². The second-order valence-electron chi connectivity index (χ2n) is 10.5. The molecule has 3 fully saturated rings. The van der Waals surface area contributed by atoms with Crippen molar-refractivity contribution in [2.45, 2.75) is 55.9 Å². The molecule has 3 amide bonds. The van der Waals surface area contributed by atoms with Crippen LogP contribution in [0.15, 0.2) is 42.5 Å². The van der Waals surface area contributed by atoms with Gasteiger partial charge in [-0.2, -0.15) is 18.4 Å². The van der Waals surface area contributed by atoms with Crippen molar-refractivity contribution in [3.63, 3.8) is 0 Å². The molecule has 0 bridgehead atoms. The Morgan fingerprint density at radius 2 is 1.70 bits per heavy atom. The van der Waals surface area contributed by atoms with Crippen LogP contribution in [0, 0.1) is 23.1 Å². The largest absolute Gasteiger partial charge is 0.416 e. The molecule has 1 heterocycles. The summed E-state index contributed by atoms with van der Waals surface area (Å²) in [5.74, 6) is -6.43. The number of anilines is 1. The van der Waals surface area contributed by atoms with Crippen LogP contribution in [-0.2, 0) is 27.1 Å². The number of carbonyl (C=O) groups excluding carboxylic acids is 3. The van der Waals surface area contributed by atoms with Crippen molar-refractivity contribution >= 4 is 23.4 Å². The summed E-state index contributed by atoms with van der Waals surface area (Å²) in [7, 11) is 0. The number of hydrogen-bond acceptors (Lipinski definition) is 4. The molecule has 210 valence electrons. The van der Waals surface area contributed by atoms with Gasteiger partial charge in [0.05, 0.1) is 22.9 Å². The lowest BCUT2D eigenvalue weighted by Crippen LogP contribution is -2.74. The quantitative estimate of drug-likeness (QED) is 0.553. The van der Waals surface area contributed by atoms with E-state index < -0.39 is 78.1 Å². The van der Waals surface area contributed by atoms with Gasteiger partial charge in [0.1, 0.15) is 17.9 Å². The first-order chi connectivity index (χ1) is 18.7. The Balaban J connectivity index is 1.41. The van der Waals surface area contributed by atoms with Crippen LogP contribution >= 0.6 is 0 Å². The maximum absolute atomic E-state index is 14.8. The highest BCUT2D eigenvalue weighted by Crippen LogP contribution is 2.48. The number of benzene rings is 2. The third-order valence-electron chi connectivity index (χ3n) is 7.72. The molecule has 40 heavy (non-hydrogen) atoms. The van der Waals surface area contributed by atoms with Crippen molar-refractivity contribution in [3.8, 4) is 6.07 Å². The molecule has 1 N–H and O–H groups in total. The number of amides is 3. The molecule has 2 aromatic carbocycles. The molecule has 2 aromatic rings. The molecule has 1 spiro atoms. The Labute approximate surface area is 224 Å². The molecule has 13 heteroatoms. The molecule has 3 aliphatic rings. The van der Waals surface area contributed by atoms with E-state index in [-0.39, 0.29) is 30.6 Å². The summed E-state index contributed by atoms with van der Waals surface area (Å²) >= 11 is 0. The van der Waals surface area contributed by atoms with Crippen molar-refractivity contribution < 1.29 is 40.7 Å². The number of halogens is 6. The lowest BCUT2D eigenvalue weighted by Gasteiger charge is -2.56. The maximum atomic E-state index is 14.8. The second-order valence-corrected chi connectivity index (χ2v) is 10.5. The highest BCUT2D eigenvalue weighted by atomic mass is 19.4. The average molecular weight is 564 g/mol. The van der Waals surface area contributed by atoms with Crippen LogP contribution < -0.4 is 10.2 Å². The van der Waals surface area contributed by atoms with Crippen molar-refractivity contribution in [2.75, 3.05) is 11.4 Å². The lowest BCUT2D eigenvalue weighted by atomic mass is 9.64. The van der Waals surface area contributed by atoms with E-state index in [9.17, 15) is 40.7 Å². The third-order valence-corrected chi connectivity index (χ3v) is 7.72. The van der Waals surface area contributed by atoms with Gasteiger partial charge in [-0.25, -0.2) is 13.2 Å². The van der Waals surface area contributed by atoms with Gasteiger partial charge in [0.2, 0.25) is 11.8 Å². The Hall–Kier alpha value is -4.08. The molecule has 0 atom stereocenters. The fourth-order valence-corrected chi connectivity index (χ4v) is 5.53. The van der Waals surface area contributed by atoms with E-state index in [4.69, 9.17) is 5.26 Å². The Morgan fingerprint density at radius 1 is 1.05 bits per heavy atom. The minimum Gasteiger partial charge on any atom is -0.353 e. The third kappa shape index (κ3) is 4.87. The number of rotatable bonds is 5. The molecule has 0 radical (unpaired) electrons. The van der Waals surface area contributed by atoms with Gasteiger partial charge in [-0.15, -0.1) is 0 Å². The van der Waals surface area contributed by atoms with Gasteiger partial charge in [0.15, 0.2) is 0 Å². The summed E-state index contributed by atoms with van der Waals surface area (Å²) in [5.41, 5.74) is -2.44. The van der Waals surface area contributed by atoms with Crippen molar-refractivity contribution in [1.82, 2.24) is 10.2 Å². The zero-order chi connectivity index (χ0) is 29.0. The van der Waals surface area contributed by atoms with E-state index in [2.05, 4.69) is 5.32 Å². The Bertz CT molecular complexity index is 1400. The normalized spacial score (nSPS) is 20.6. The molecule has 5 rings (SSSR count). The van der Waals surface area contributed by atoms with Gasteiger partial charge < -0.3 is 10.2 Å². The minimum absolute atomic E-state index is 0.00219. The maximum Gasteiger partial charge on any atom is 0.416 e. The zero-order valence-electron chi connectivity index (χ0n) is 20.8. The van der Waals surface area contributed by atoms with Crippen LogP contribution in [0.1, 0.15) is 42.4 Å². The van der Waals surface area contributed by atoms with Crippen LogP contribution in [0.2, 0.25) is 0 Å². The van der Waals surface area contributed by atoms with E-state index in [0.29, 0.717) is 5.56 Å². The molecular formula is C27H22F6N4O3. The Kier molecular flexibility index (Phi) is 6.55. The number of piperazine rings is 1. The molecule has 2 saturated carbocycles. The topological polar surface area (TPSA) is 93.5 Å². The summed E-state index contributed by atoms with van der Waals surface area (Å²) in [5, 5.41) is 11.5. The molecule has 1 saturated heterocycles. The minimum atomic E-state index is -4.57. The number of nitriles is 1. The van der Waals surface area contributed by atoms with Crippen LogP contribution in [0.3, 0.4) is 0 Å². The summed E-state index contributed by atoms with van der Waals surface area (Å²) < 4.78 is 80.2. The van der Waals surface area contributed by atoms with E-state index in [1.165, 1.54) is 29.2 Å². The first kappa shape index (κ1) is 27.5. The molecule has 2 aliphatic carbocycles. The molecule has 1 aliphatic heterocycles. The van der Waals surface area contributed by atoms with Gasteiger partial charge in [0, 0.05) is 31.3 Å². The number of nitrogens with zero attached hydrogens (tertiary/aromatic N) is 3. The standard InChI is InChI=1S/C27H22F6N4O3/c28-20-7-16(12-34)3-6-21(20)36-14-22(38)37(13-15-1-4-18(5-2-15)27(31,32)33)25(24(36)40)8-17(9-25)23(39)35-19-10-26(29,30)11-19/h1-7,17,19H,8-11,13-14H2,(H,35,39)/t17-,25-. The molecule has 0 unspecified atom stereocenters. The van der Waals surface area contributed by atoms with Gasteiger partial charge in [-0.05, 0) is 48.7 Å². The summed E-state index contributed by atoms with van der Waals surface area (Å²) in [4.78, 5) is 42.1. The molecular weight excluding hydrogens is 542 g/mol. The summed E-state index contributed by atoms with van der Waals surface area (Å²) in [6.45, 7) is -0.812. The first-order valence-corrected chi connectivity index (χ1v) is 12.4. The van der Waals surface area contributed by atoms with Crippen LogP contribution in [0.5, 0.6) is 0 Å².